The van der Waals surface area contributed by atoms with Crippen molar-refractivity contribution in [1.82, 2.24) is 10.2 Å². The molecule has 22 heavy (non-hydrogen) atoms. The van der Waals surface area contributed by atoms with Gasteiger partial charge in [-0.1, -0.05) is 29.8 Å². The number of rotatable bonds is 5. The normalized spacial score (nSPS) is 15.6. The fourth-order valence-electron chi connectivity index (χ4n) is 2.97. The van der Waals surface area contributed by atoms with E-state index >= 15 is 0 Å². The molecule has 0 aliphatic carbocycles. The molecule has 1 aliphatic heterocycles. The Hall–Kier alpha value is -1.84. The van der Waals surface area contributed by atoms with Crippen LogP contribution in [0.25, 0.3) is 0 Å². The summed E-state index contributed by atoms with van der Waals surface area (Å²) in [6, 6.07) is 8.50. The van der Waals surface area contributed by atoms with Gasteiger partial charge in [0, 0.05) is 32.5 Å². The van der Waals surface area contributed by atoms with Gasteiger partial charge in [-0.05, 0) is 38.2 Å². The van der Waals surface area contributed by atoms with Gasteiger partial charge in [0.15, 0.2) is 0 Å². The number of likely N-dealkylation sites (tertiary alicyclic amines) is 1. The van der Waals surface area contributed by atoms with E-state index in [1.807, 2.05) is 4.90 Å². The van der Waals surface area contributed by atoms with Crippen molar-refractivity contribution in [3.8, 4) is 0 Å². The third-order valence-electron chi connectivity index (χ3n) is 4.34. The van der Waals surface area contributed by atoms with Gasteiger partial charge in [0.2, 0.25) is 11.8 Å². The number of hydrogen-bond acceptors (Lipinski definition) is 2. The second-order valence-electron chi connectivity index (χ2n) is 6.16. The lowest BCUT2D eigenvalue weighted by atomic mass is 9.96. The van der Waals surface area contributed by atoms with E-state index in [-0.39, 0.29) is 17.7 Å². The van der Waals surface area contributed by atoms with Gasteiger partial charge in [0.05, 0.1) is 0 Å². The summed E-state index contributed by atoms with van der Waals surface area (Å²) in [6.45, 7) is 5.82. The van der Waals surface area contributed by atoms with E-state index in [1.165, 1.54) is 11.1 Å². The van der Waals surface area contributed by atoms with Crippen LogP contribution in [-0.2, 0) is 16.0 Å². The monoisotopic (exact) mass is 302 g/mol. The van der Waals surface area contributed by atoms with Gasteiger partial charge >= 0.3 is 0 Å². The standard InChI is InChI=1S/C18H26N2O2/c1-14-5-3-6-16(13-14)7-4-10-19-18(22)17-8-11-20(12-9-17)15(2)21/h3,5-6,13,17H,4,7-12H2,1-2H3,(H,19,22). The Bertz CT molecular complexity index is 520. The molecule has 4 nitrogen and oxygen atoms in total. The van der Waals surface area contributed by atoms with Crippen molar-refractivity contribution in [3.05, 3.63) is 35.4 Å². The molecule has 1 fully saturated rings. The first-order valence-corrected chi connectivity index (χ1v) is 8.15. The first-order chi connectivity index (χ1) is 10.6. The summed E-state index contributed by atoms with van der Waals surface area (Å²) in [5.74, 6) is 0.319. The molecule has 1 aromatic rings. The van der Waals surface area contributed by atoms with Crippen LogP contribution in [0, 0.1) is 12.8 Å². The van der Waals surface area contributed by atoms with Crippen LogP contribution in [0.3, 0.4) is 0 Å². The Morgan fingerprint density at radius 2 is 2.00 bits per heavy atom. The Balaban J connectivity index is 1.65. The Labute approximate surface area is 132 Å². The SMILES string of the molecule is CC(=O)N1CCC(C(=O)NCCCc2cccc(C)c2)CC1. The van der Waals surface area contributed by atoms with Gasteiger partial charge in [-0.25, -0.2) is 0 Å². The van der Waals surface area contributed by atoms with Crippen LogP contribution in [0.4, 0.5) is 0 Å². The van der Waals surface area contributed by atoms with Gasteiger partial charge in [-0.2, -0.15) is 0 Å². The molecule has 0 radical (unpaired) electrons. The zero-order chi connectivity index (χ0) is 15.9. The summed E-state index contributed by atoms with van der Waals surface area (Å²) >= 11 is 0. The number of hydrogen-bond donors (Lipinski definition) is 1. The van der Waals surface area contributed by atoms with E-state index in [0.717, 1.165) is 32.2 Å². The number of nitrogens with zero attached hydrogens (tertiary/aromatic N) is 1. The van der Waals surface area contributed by atoms with Crippen LogP contribution in [0.15, 0.2) is 24.3 Å². The summed E-state index contributed by atoms with van der Waals surface area (Å²) in [4.78, 5) is 25.2. The van der Waals surface area contributed by atoms with E-state index in [9.17, 15) is 9.59 Å². The highest BCUT2D eigenvalue weighted by Gasteiger charge is 2.25. The highest BCUT2D eigenvalue weighted by Crippen LogP contribution is 2.17. The van der Waals surface area contributed by atoms with E-state index in [0.29, 0.717) is 13.1 Å². The highest BCUT2D eigenvalue weighted by molar-refractivity contribution is 5.79. The van der Waals surface area contributed by atoms with Gasteiger partial charge in [-0.15, -0.1) is 0 Å². The molecule has 4 heteroatoms. The minimum Gasteiger partial charge on any atom is -0.356 e. The van der Waals surface area contributed by atoms with Gasteiger partial charge in [0.25, 0.3) is 0 Å². The van der Waals surface area contributed by atoms with Crippen molar-refractivity contribution in [2.24, 2.45) is 5.92 Å². The molecule has 0 saturated carbocycles. The quantitative estimate of drug-likeness (QED) is 0.849. The van der Waals surface area contributed by atoms with Crippen molar-refractivity contribution in [2.75, 3.05) is 19.6 Å². The fraction of sp³-hybridized carbons (Fsp3) is 0.556. The molecular weight excluding hydrogens is 276 g/mol. The number of amides is 2. The summed E-state index contributed by atoms with van der Waals surface area (Å²) in [6.07, 6.45) is 3.51. The minimum absolute atomic E-state index is 0.0644. The molecule has 2 rings (SSSR count). The molecule has 1 aromatic carbocycles. The van der Waals surface area contributed by atoms with Crippen LogP contribution in [0.2, 0.25) is 0 Å². The second kappa shape index (κ2) is 7.97. The topological polar surface area (TPSA) is 49.4 Å². The molecule has 120 valence electrons. The summed E-state index contributed by atoms with van der Waals surface area (Å²) in [5.41, 5.74) is 2.60. The Morgan fingerprint density at radius 3 is 2.64 bits per heavy atom. The number of carbonyl (C=O) groups excluding carboxylic acids is 2. The first-order valence-electron chi connectivity index (χ1n) is 8.15. The van der Waals surface area contributed by atoms with Crippen molar-refractivity contribution < 1.29 is 9.59 Å². The van der Waals surface area contributed by atoms with Crippen molar-refractivity contribution in [1.29, 1.82) is 0 Å². The maximum Gasteiger partial charge on any atom is 0.223 e. The molecule has 1 saturated heterocycles. The lowest BCUT2D eigenvalue weighted by Gasteiger charge is -2.30. The van der Waals surface area contributed by atoms with Crippen molar-refractivity contribution in [2.45, 2.75) is 39.5 Å². The Morgan fingerprint density at radius 1 is 1.27 bits per heavy atom. The zero-order valence-electron chi connectivity index (χ0n) is 13.6. The van der Waals surface area contributed by atoms with Crippen LogP contribution >= 0.6 is 0 Å². The van der Waals surface area contributed by atoms with Crippen LogP contribution < -0.4 is 5.32 Å². The predicted octanol–water partition coefficient (Wildman–Crippen LogP) is 2.30. The fourth-order valence-corrected chi connectivity index (χ4v) is 2.97. The molecular formula is C18H26N2O2. The van der Waals surface area contributed by atoms with E-state index < -0.39 is 0 Å². The molecule has 0 atom stereocenters. The largest absolute Gasteiger partial charge is 0.356 e. The maximum atomic E-state index is 12.1. The maximum absolute atomic E-state index is 12.1. The molecule has 0 spiro atoms. The summed E-state index contributed by atoms with van der Waals surface area (Å²) in [5, 5.41) is 3.04. The molecule has 1 heterocycles. The lowest BCUT2D eigenvalue weighted by molar-refractivity contribution is -0.133. The van der Waals surface area contributed by atoms with E-state index in [1.54, 1.807) is 6.92 Å². The average molecular weight is 302 g/mol. The smallest absolute Gasteiger partial charge is 0.223 e. The molecule has 0 unspecified atom stereocenters. The summed E-state index contributed by atoms with van der Waals surface area (Å²) < 4.78 is 0. The predicted molar refractivity (Wildman–Crippen MR) is 87.5 cm³/mol. The van der Waals surface area contributed by atoms with Crippen molar-refractivity contribution >= 4 is 11.8 Å². The van der Waals surface area contributed by atoms with Crippen LogP contribution in [0.1, 0.15) is 37.3 Å². The molecule has 1 N–H and O–H groups in total. The zero-order valence-corrected chi connectivity index (χ0v) is 13.6. The molecule has 1 aliphatic rings. The number of piperidine rings is 1. The Kier molecular flexibility index (Phi) is 5.99. The number of nitrogens with one attached hydrogen (secondary N) is 1. The van der Waals surface area contributed by atoms with Crippen LogP contribution in [0.5, 0.6) is 0 Å². The third kappa shape index (κ3) is 4.86. The number of benzene rings is 1. The summed E-state index contributed by atoms with van der Waals surface area (Å²) in [7, 11) is 0. The average Bonchev–Trinajstić information content (AvgIpc) is 2.51. The lowest BCUT2D eigenvalue weighted by Crippen LogP contribution is -2.42. The van der Waals surface area contributed by atoms with Crippen LogP contribution in [-0.4, -0.2) is 36.3 Å². The van der Waals surface area contributed by atoms with Crippen molar-refractivity contribution in [3.63, 3.8) is 0 Å². The second-order valence-corrected chi connectivity index (χ2v) is 6.16. The molecule has 2 amide bonds. The molecule has 0 bridgehead atoms. The van der Waals surface area contributed by atoms with Gasteiger partial charge in [-0.3, -0.25) is 9.59 Å². The molecule has 0 aromatic heterocycles. The van der Waals surface area contributed by atoms with E-state index in [2.05, 4.69) is 36.5 Å². The van der Waals surface area contributed by atoms with E-state index in [4.69, 9.17) is 0 Å². The minimum atomic E-state index is 0.0644. The third-order valence-corrected chi connectivity index (χ3v) is 4.34. The van der Waals surface area contributed by atoms with Gasteiger partial charge in [0.1, 0.15) is 0 Å². The first kappa shape index (κ1) is 16.5. The highest BCUT2D eigenvalue weighted by atomic mass is 16.2. The number of aryl methyl sites for hydroxylation is 2. The number of carbonyl (C=O) groups is 2. The van der Waals surface area contributed by atoms with Gasteiger partial charge < -0.3 is 10.2 Å².